The molecule has 23 heavy (non-hydrogen) atoms. The van der Waals surface area contributed by atoms with Gasteiger partial charge < -0.3 is 0 Å². The molecule has 1 unspecified atom stereocenters. The van der Waals surface area contributed by atoms with Crippen molar-refractivity contribution in [2.45, 2.75) is 39.7 Å². The van der Waals surface area contributed by atoms with E-state index in [-0.39, 0.29) is 0 Å². The van der Waals surface area contributed by atoms with E-state index in [1.807, 2.05) is 19.9 Å². The molecule has 3 rings (SSSR count). The minimum Gasteiger partial charge on any atom is -0.297 e. The van der Waals surface area contributed by atoms with E-state index in [1.54, 1.807) is 0 Å². The fourth-order valence-electron chi connectivity index (χ4n) is 3.45. The summed E-state index contributed by atoms with van der Waals surface area (Å²) >= 11 is 0. The summed E-state index contributed by atoms with van der Waals surface area (Å²) in [4.78, 5) is 7.18. The molecule has 118 valence electrons. The zero-order chi connectivity index (χ0) is 16.4. The quantitative estimate of drug-likeness (QED) is 0.844. The Morgan fingerprint density at radius 3 is 2.57 bits per heavy atom. The first-order valence-electron chi connectivity index (χ1n) is 8.33. The van der Waals surface area contributed by atoms with Gasteiger partial charge in [-0.15, -0.1) is 0 Å². The molecule has 0 spiro atoms. The largest absolute Gasteiger partial charge is 0.297 e. The standard InChI is InChI=1S/C20H23N3/c1-14-11-20(22-15(2)19(14)13-21)18-8-6-7-17(12-18)16(3)23-9-4-5-10-23/h6-8,11-12,16H,4-5,9-10H2,1-3H3. The third-order valence-corrected chi connectivity index (χ3v) is 4.86. The Labute approximate surface area is 138 Å². The van der Waals surface area contributed by atoms with Crippen LogP contribution in [-0.2, 0) is 0 Å². The van der Waals surface area contributed by atoms with Crippen molar-refractivity contribution < 1.29 is 0 Å². The van der Waals surface area contributed by atoms with E-state index in [9.17, 15) is 5.26 Å². The lowest BCUT2D eigenvalue weighted by Gasteiger charge is -2.24. The molecule has 2 heterocycles. The van der Waals surface area contributed by atoms with E-state index in [0.29, 0.717) is 11.6 Å². The van der Waals surface area contributed by atoms with E-state index in [2.05, 4.69) is 47.1 Å². The Morgan fingerprint density at radius 2 is 1.91 bits per heavy atom. The molecule has 2 aromatic rings. The van der Waals surface area contributed by atoms with Crippen molar-refractivity contribution >= 4 is 0 Å². The van der Waals surface area contributed by atoms with Gasteiger partial charge >= 0.3 is 0 Å². The molecule has 3 heteroatoms. The number of aromatic nitrogens is 1. The number of likely N-dealkylation sites (tertiary alicyclic amines) is 1. The van der Waals surface area contributed by atoms with E-state index in [1.165, 1.54) is 31.5 Å². The average Bonchev–Trinajstić information content (AvgIpc) is 3.08. The highest BCUT2D eigenvalue weighted by molar-refractivity contribution is 5.63. The van der Waals surface area contributed by atoms with Crippen molar-refractivity contribution in [3.63, 3.8) is 0 Å². The highest BCUT2D eigenvalue weighted by Crippen LogP contribution is 2.28. The van der Waals surface area contributed by atoms with Crippen molar-refractivity contribution in [3.8, 4) is 17.3 Å². The Bertz CT molecular complexity index is 729. The first kappa shape index (κ1) is 15.7. The lowest BCUT2D eigenvalue weighted by molar-refractivity contribution is 0.263. The molecule has 0 N–H and O–H groups in total. The van der Waals surface area contributed by atoms with Gasteiger partial charge in [0.05, 0.1) is 17.0 Å². The van der Waals surface area contributed by atoms with Crippen LogP contribution in [0.3, 0.4) is 0 Å². The van der Waals surface area contributed by atoms with Crippen LogP contribution in [0.1, 0.15) is 48.2 Å². The number of nitrogens with zero attached hydrogens (tertiary/aromatic N) is 3. The van der Waals surface area contributed by atoms with E-state index >= 15 is 0 Å². The topological polar surface area (TPSA) is 39.9 Å². The monoisotopic (exact) mass is 305 g/mol. The summed E-state index contributed by atoms with van der Waals surface area (Å²) < 4.78 is 0. The number of aryl methyl sites for hydroxylation is 2. The molecule has 0 saturated carbocycles. The Hall–Kier alpha value is -2.18. The van der Waals surface area contributed by atoms with Crippen molar-refractivity contribution in [2.75, 3.05) is 13.1 Å². The smallest absolute Gasteiger partial charge is 0.101 e. The molecule has 3 nitrogen and oxygen atoms in total. The third-order valence-electron chi connectivity index (χ3n) is 4.86. The summed E-state index contributed by atoms with van der Waals surface area (Å²) in [5.74, 6) is 0. The summed E-state index contributed by atoms with van der Waals surface area (Å²) in [5, 5.41) is 9.20. The maximum atomic E-state index is 9.20. The van der Waals surface area contributed by atoms with Gasteiger partial charge in [-0.25, -0.2) is 0 Å². The lowest BCUT2D eigenvalue weighted by Crippen LogP contribution is -2.23. The van der Waals surface area contributed by atoms with Gasteiger partial charge in [0.15, 0.2) is 0 Å². The predicted molar refractivity (Wildman–Crippen MR) is 93.1 cm³/mol. The van der Waals surface area contributed by atoms with Gasteiger partial charge in [0.1, 0.15) is 6.07 Å². The highest BCUT2D eigenvalue weighted by atomic mass is 15.2. The maximum absolute atomic E-state index is 9.20. The Kier molecular flexibility index (Phi) is 4.45. The second kappa shape index (κ2) is 6.52. The number of hydrogen-bond acceptors (Lipinski definition) is 3. The Morgan fingerprint density at radius 1 is 1.17 bits per heavy atom. The molecular weight excluding hydrogens is 282 g/mol. The van der Waals surface area contributed by atoms with Crippen LogP contribution in [0.5, 0.6) is 0 Å². The molecule has 0 radical (unpaired) electrons. The number of nitriles is 1. The minimum absolute atomic E-state index is 0.443. The van der Waals surface area contributed by atoms with Gasteiger partial charge in [0.25, 0.3) is 0 Å². The number of pyridine rings is 1. The zero-order valence-electron chi connectivity index (χ0n) is 14.1. The highest BCUT2D eigenvalue weighted by Gasteiger charge is 2.19. The summed E-state index contributed by atoms with van der Waals surface area (Å²) in [6, 6.07) is 13.4. The summed E-state index contributed by atoms with van der Waals surface area (Å²) in [6.45, 7) is 8.56. The Balaban J connectivity index is 1.95. The van der Waals surface area contributed by atoms with Gasteiger partial charge in [-0.2, -0.15) is 5.26 Å². The second-order valence-electron chi connectivity index (χ2n) is 6.44. The number of hydrogen-bond donors (Lipinski definition) is 0. The van der Waals surface area contributed by atoms with Crippen LogP contribution >= 0.6 is 0 Å². The molecule has 1 aromatic carbocycles. The molecule has 0 amide bonds. The van der Waals surface area contributed by atoms with Gasteiger partial charge in [-0.05, 0) is 70.0 Å². The van der Waals surface area contributed by atoms with E-state index in [0.717, 1.165) is 22.5 Å². The van der Waals surface area contributed by atoms with Gasteiger partial charge in [0, 0.05) is 11.6 Å². The minimum atomic E-state index is 0.443. The zero-order valence-corrected chi connectivity index (χ0v) is 14.1. The molecule has 1 aliphatic heterocycles. The molecule has 1 atom stereocenters. The van der Waals surface area contributed by atoms with Gasteiger partial charge in [-0.3, -0.25) is 9.88 Å². The van der Waals surface area contributed by atoms with Crippen molar-refractivity contribution in [3.05, 3.63) is 52.7 Å². The van der Waals surface area contributed by atoms with Crippen molar-refractivity contribution in [1.29, 1.82) is 5.26 Å². The van der Waals surface area contributed by atoms with Crippen LogP contribution in [0, 0.1) is 25.2 Å². The number of benzene rings is 1. The van der Waals surface area contributed by atoms with Crippen LogP contribution in [-0.4, -0.2) is 23.0 Å². The fourth-order valence-corrected chi connectivity index (χ4v) is 3.45. The molecule has 1 saturated heterocycles. The molecule has 0 aliphatic carbocycles. The molecular formula is C20H23N3. The SMILES string of the molecule is Cc1cc(-c2cccc(C(C)N3CCCC3)c2)nc(C)c1C#N. The summed E-state index contributed by atoms with van der Waals surface area (Å²) in [5.41, 5.74) is 5.91. The summed E-state index contributed by atoms with van der Waals surface area (Å²) in [6.07, 6.45) is 2.61. The molecule has 1 fully saturated rings. The van der Waals surface area contributed by atoms with Crippen LogP contribution in [0.4, 0.5) is 0 Å². The lowest BCUT2D eigenvalue weighted by atomic mass is 10.00. The predicted octanol–water partition coefficient (Wildman–Crippen LogP) is 4.39. The first-order valence-corrected chi connectivity index (χ1v) is 8.33. The van der Waals surface area contributed by atoms with Crippen LogP contribution < -0.4 is 0 Å². The van der Waals surface area contributed by atoms with Crippen LogP contribution in [0.15, 0.2) is 30.3 Å². The van der Waals surface area contributed by atoms with Crippen molar-refractivity contribution in [1.82, 2.24) is 9.88 Å². The van der Waals surface area contributed by atoms with E-state index in [4.69, 9.17) is 0 Å². The summed E-state index contributed by atoms with van der Waals surface area (Å²) in [7, 11) is 0. The molecule has 0 bridgehead atoms. The maximum Gasteiger partial charge on any atom is 0.101 e. The van der Waals surface area contributed by atoms with E-state index < -0.39 is 0 Å². The first-order chi connectivity index (χ1) is 11.1. The fraction of sp³-hybridized carbons (Fsp3) is 0.400. The van der Waals surface area contributed by atoms with Crippen LogP contribution in [0.2, 0.25) is 0 Å². The molecule has 1 aromatic heterocycles. The van der Waals surface area contributed by atoms with Crippen LogP contribution in [0.25, 0.3) is 11.3 Å². The third kappa shape index (κ3) is 3.13. The average molecular weight is 305 g/mol. The second-order valence-corrected chi connectivity index (χ2v) is 6.44. The molecule has 1 aliphatic rings. The van der Waals surface area contributed by atoms with Gasteiger partial charge in [0.2, 0.25) is 0 Å². The number of rotatable bonds is 3. The van der Waals surface area contributed by atoms with Crippen molar-refractivity contribution in [2.24, 2.45) is 0 Å². The van der Waals surface area contributed by atoms with Gasteiger partial charge in [-0.1, -0.05) is 18.2 Å². The normalized spacial score (nSPS) is 16.3.